The molecule has 1 saturated heterocycles. The smallest absolute Gasteiger partial charge is 0.213 e. The van der Waals surface area contributed by atoms with E-state index in [9.17, 15) is 4.79 Å². The number of piperidine rings is 1. The fourth-order valence-corrected chi connectivity index (χ4v) is 3.55. The highest BCUT2D eigenvalue weighted by atomic mass is 16.5. The molecule has 0 aromatic carbocycles. The van der Waals surface area contributed by atoms with Crippen molar-refractivity contribution in [3.8, 4) is 18.2 Å². The van der Waals surface area contributed by atoms with Gasteiger partial charge in [-0.2, -0.15) is 0 Å². The average molecular weight is 370 g/mol. The van der Waals surface area contributed by atoms with E-state index in [0.29, 0.717) is 24.7 Å². The van der Waals surface area contributed by atoms with Gasteiger partial charge in [0.25, 0.3) is 0 Å². The molecule has 1 aliphatic heterocycles. The molecule has 2 aliphatic rings. The highest BCUT2D eigenvalue weighted by Crippen LogP contribution is 2.37. The monoisotopic (exact) mass is 370 g/mol. The van der Waals surface area contributed by atoms with Crippen molar-refractivity contribution in [3.05, 3.63) is 29.0 Å². The number of likely N-dealkylation sites (tertiary alicyclic amines) is 1. The summed E-state index contributed by atoms with van der Waals surface area (Å²) in [4.78, 5) is 19.1. The second-order valence-electron chi connectivity index (χ2n) is 7.13. The van der Waals surface area contributed by atoms with Gasteiger partial charge in [0.15, 0.2) is 5.78 Å². The Kier molecular flexibility index (Phi) is 5.83. The zero-order chi connectivity index (χ0) is 19.4. The van der Waals surface area contributed by atoms with Crippen LogP contribution in [-0.4, -0.2) is 61.8 Å². The number of nitrogens with zero attached hydrogens (tertiary/aromatic N) is 2. The normalized spacial score (nSPS) is 18.9. The molecule has 6 heteroatoms. The summed E-state index contributed by atoms with van der Waals surface area (Å²) in [5.41, 5.74) is 2.94. The number of carbonyl (C=O) groups excluding carboxylic acids is 1. The Bertz CT molecular complexity index is 786. The Labute approximate surface area is 160 Å². The van der Waals surface area contributed by atoms with E-state index in [1.165, 1.54) is 0 Å². The van der Waals surface area contributed by atoms with E-state index in [-0.39, 0.29) is 17.8 Å². The van der Waals surface area contributed by atoms with Crippen molar-refractivity contribution in [2.24, 2.45) is 0 Å². The minimum absolute atomic E-state index is 0.0325. The molecule has 1 aromatic rings. The number of fused-ring (bicyclic) bond motifs is 1. The van der Waals surface area contributed by atoms with E-state index in [1.54, 1.807) is 20.4 Å². The molecule has 2 heterocycles. The predicted octanol–water partition coefficient (Wildman–Crippen LogP) is 2.08. The second kappa shape index (κ2) is 8.12. The third kappa shape index (κ3) is 4.00. The quantitative estimate of drug-likeness (QED) is 0.564. The van der Waals surface area contributed by atoms with Crippen LogP contribution >= 0.6 is 0 Å². The van der Waals surface area contributed by atoms with Crippen molar-refractivity contribution in [2.45, 2.75) is 31.8 Å². The van der Waals surface area contributed by atoms with Crippen molar-refractivity contribution >= 4 is 11.5 Å². The molecule has 0 N–H and O–H groups in total. The minimum Gasteiger partial charge on any atom is -0.475 e. The fraction of sp³-hybridized carbons (Fsp3) is 0.524. The van der Waals surface area contributed by atoms with Gasteiger partial charge in [-0.15, -0.1) is 6.42 Å². The molecule has 0 bridgehead atoms. The number of ether oxygens (including phenoxy) is 3. The Morgan fingerprint density at radius 3 is 2.67 bits per heavy atom. The first kappa shape index (κ1) is 19.4. The molecule has 1 fully saturated rings. The van der Waals surface area contributed by atoms with Crippen molar-refractivity contribution in [2.75, 3.05) is 40.5 Å². The Hall–Kier alpha value is -2.36. The number of methoxy groups -OCH3 is 2. The van der Waals surface area contributed by atoms with Gasteiger partial charge < -0.3 is 19.1 Å². The van der Waals surface area contributed by atoms with Crippen molar-refractivity contribution in [3.63, 3.8) is 0 Å². The van der Waals surface area contributed by atoms with Crippen molar-refractivity contribution < 1.29 is 19.0 Å². The van der Waals surface area contributed by atoms with E-state index in [2.05, 4.69) is 22.7 Å². The van der Waals surface area contributed by atoms with E-state index >= 15 is 0 Å². The fourth-order valence-electron chi connectivity index (χ4n) is 3.55. The van der Waals surface area contributed by atoms with Crippen molar-refractivity contribution in [1.82, 2.24) is 9.88 Å². The van der Waals surface area contributed by atoms with Gasteiger partial charge in [0.1, 0.15) is 6.61 Å². The van der Waals surface area contributed by atoms with Crippen LogP contribution in [0.2, 0.25) is 0 Å². The van der Waals surface area contributed by atoms with Gasteiger partial charge in [0, 0.05) is 51.6 Å². The lowest BCUT2D eigenvalue weighted by molar-refractivity contribution is -0.114. The summed E-state index contributed by atoms with van der Waals surface area (Å²) in [6.45, 7) is 4.57. The van der Waals surface area contributed by atoms with Crippen LogP contribution in [-0.2, 0) is 20.7 Å². The first-order valence-corrected chi connectivity index (χ1v) is 9.16. The highest BCUT2D eigenvalue weighted by molar-refractivity contribution is 6.10. The lowest BCUT2D eigenvalue weighted by Gasteiger charge is -2.41. The first-order chi connectivity index (χ1) is 13.0. The Morgan fingerprint density at radius 2 is 2.04 bits per heavy atom. The van der Waals surface area contributed by atoms with Crippen LogP contribution in [0.5, 0.6) is 5.88 Å². The molecule has 0 radical (unpaired) electrons. The van der Waals surface area contributed by atoms with Crippen LogP contribution in [0.1, 0.15) is 30.9 Å². The lowest BCUT2D eigenvalue weighted by atomic mass is 9.86. The molecule has 6 nitrogen and oxygen atoms in total. The number of ketones is 1. The molecule has 0 spiro atoms. The van der Waals surface area contributed by atoms with Gasteiger partial charge in [0.05, 0.1) is 23.5 Å². The topological polar surface area (TPSA) is 60.9 Å². The van der Waals surface area contributed by atoms with Gasteiger partial charge in [-0.3, -0.25) is 4.79 Å². The number of carbonyl (C=O) groups is 1. The number of allylic oxidation sites excluding steroid dienone is 1. The molecule has 144 valence electrons. The van der Waals surface area contributed by atoms with Crippen LogP contribution in [0.4, 0.5) is 0 Å². The molecule has 27 heavy (non-hydrogen) atoms. The van der Waals surface area contributed by atoms with Gasteiger partial charge in [-0.25, -0.2) is 4.98 Å². The molecule has 0 saturated carbocycles. The predicted molar refractivity (Wildman–Crippen MR) is 102 cm³/mol. The maximum atomic E-state index is 12.6. The Balaban J connectivity index is 1.94. The zero-order valence-corrected chi connectivity index (χ0v) is 16.2. The number of Topliss-reactive ketones (excluding diaryl/α,β-unsaturated/α-hetero) is 1. The van der Waals surface area contributed by atoms with Gasteiger partial charge in [0.2, 0.25) is 5.88 Å². The van der Waals surface area contributed by atoms with Gasteiger partial charge in [-0.05, 0) is 25.3 Å². The largest absolute Gasteiger partial charge is 0.475 e. The number of hydrogen-bond acceptors (Lipinski definition) is 6. The number of terminal acetylenes is 1. The lowest BCUT2D eigenvalue weighted by Crippen LogP contribution is -2.43. The van der Waals surface area contributed by atoms with Gasteiger partial charge >= 0.3 is 0 Å². The van der Waals surface area contributed by atoms with Crippen LogP contribution in [0, 0.1) is 12.3 Å². The molecular formula is C21H26N2O4. The summed E-state index contributed by atoms with van der Waals surface area (Å²) in [6, 6.07) is 1.88. The van der Waals surface area contributed by atoms with E-state index < -0.39 is 0 Å². The van der Waals surface area contributed by atoms with E-state index in [4.69, 9.17) is 20.6 Å². The second-order valence-corrected chi connectivity index (χ2v) is 7.13. The maximum absolute atomic E-state index is 12.6. The number of rotatable bonds is 6. The molecule has 3 rings (SSSR count). The van der Waals surface area contributed by atoms with Crippen LogP contribution in [0.25, 0.3) is 5.70 Å². The third-order valence-electron chi connectivity index (χ3n) is 5.40. The summed E-state index contributed by atoms with van der Waals surface area (Å²) < 4.78 is 16.3. The standard InChI is InChI=1S/C21H26N2O4/c1-5-16-18(24)12-15-14-22-19(27-11-10-25-3)13-17(15)20(16)23-8-6-21(2,26-4)7-9-23/h1,13-14H,6-12H2,2-4H3. The summed E-state index contributed by atoms with van der Waals surface area (Å²) in [6.07, 6.45) is 9.45. The zero-order valence-electron chi connectivity index (χ0n) is 16.2. The summed E-state index contributed by atoms with van der Waals surface area (Å²) >= 11 is 0. The number of pyridine rings is 1. The molecular weight excluding hydrogens is 344 g/mol. The Morgan fingerprint density at radius 1 is 1.30 bits per heavy atom. The third-order valence-corrected chi connectivity index (χ3v) is 5.40. The molecule has 1 aliphatic carbocycles. The van der Waals surface area contributed by atoms with Crippen LogP contribution < -0.4 is 4.74 Å². The summed E-state index contributed by atoms with van der Waals surface area (Å²) in [5.74, 6) is 3.10. The number of aromatic nitrogens is 1. The van der Waals surface area contributed by atoms with Crippen LogP contribution in [0.3, 0.4) is 0 Å². The SMILES string of the molecule is C#CC1=C(N2CCC(C)(OC)CC2)c2cc(OCCOC)ncc2CC1=O. The summed E-state index contributed by atoms with van der Waals surface area (Å²) in [5, 5.41) is 0. The molecule has 0 amide bonds. The average Bonchev–Trinajstić information content (AvgIpc) is 2.68. The minimum atomic E-state index is -0.137. The molecule has 0 atom stereocenters. The first-order valence-electron chi connectivity index (χ1n) is 9.16. The van der Waals surface area contributed by atoms with E-state index in [0.717, 1.165) is 42.8 Å². The van der Waals surface area contributed by atoms with Crippen LogP contribution in [0.15, 0.2) is 17.8 Å². The highest BCUT2D eigenvalue weighted by Gasteiger charge is 2.35. The van der Waals surface area contributed by atoms with E-state index in [1.807, 2.05) is 6.07 Å². The maximum Gasteiger partial charge on any atom is 0.213 e. The molecule has 1 aromatic heterocycles. The van der Waals surface area contributed by atoms with Crippen molar-refractivity contribution in [1.29, 1.82) is 0 Å². The number of hydrogen-bond donors (Lipinski definition) is 0. The summed E-state index contributed by atoms with van der Waals surface area (Å²) in [7, 11) is 3.37. The molecule has 0 unspecified atom stereocenters. The van der Waals surface area contributed by atoms with Gasteiger partial charge in [-0.1, -0.05) is 5.92 Å².